The summed E-state index contributed by atoms with van der Waals surface area (Å²) in [6.07, 6.45) is 10.7. The molecule has 0 atom stereocenters. The van der Waals surface area contributed by atoms with E-state index in [-0.39, 0.29) is 29.0 Å². The van der Waals surface area contributed by atoms with Crippen molar-refractivity contribution in [2.75, 3.05) is 32.7 Å². The summed E-state index contributed by atoms with van der Waals surface area (Å²) in [7, 11) is 0. The molecule has 0 unspecified atom stereocenters. The number of aromatic nitrogens is 1. The first-order chi connectivity index (χ1) is 17.5. The lowest BCUT2D eigenvalue weighted by Crippen LogP contribution is -2.49. The second-order valence-corrected chi connectivity index (χ2v) is 10.3. The Kier molecular flexibility index (Phi) is 8.97. The summed E-state index contributed by atoms with van der Waals surface area (Å²) < 4.78 is 1.97. The lowest BCUT2D eigenvalue weighted by molar-refractivity contribution is 0.0626. The standard InChI is InChI=1S/C29H40N4O3/c1-3-4-13-30-28(35)25-20-33(24-11-6-5-7-12-24)21-26(27(25)34)29(36)32-16-14-31(15-17-32)19-23-10-8-9-22(2)18-23/h8-10,18,20-21,24H,3-7,11-17,19H2,1-2H3,(H,30,35). The van der Waals surface area contributed by atoms with E-state index >= 15 is 0 Å². The average Bonchev–Trinajstić information content (AvgIpc) is 2.89. The molecule has 0 spiro atoms. The van der Waals surface area contributed by atoms with Gasteiger partial charge in [0.15, 0.2) is 0 Å². The normalized spacial score (nSPS) is 17.2. The molecule has 0 radical (unpaired) electrons. The molecule has 0 bridgehead atoms. The molecule has 1 aromatic carbocycles. The van der Waals surface area contributed by atoms with E-state index in [1.807, 2.05) is 4.57 Å². The minimum absolute atomic E-state index is 0.0839. The van der Waals surface area contributed by atoms with Crippen LogP contribution in [0.5, 0.6) is 0 Å². The minimum Gasteiger partial charge on any atom is -0.352 e. The second-order valence-electron chi connectivity index (χ2n) is 10.3. The van der Waals surface area contributed by atoms with E-state index < -0.39 is 5.43 Å². The number of hydrogen-bond acceptors (Lipinski definition) is 4. The van der Waals surface area contributed by atoms with Crippen molar-refractivity contribution in [3.8, 4) is 0 Å². The van der Waals surface area contributed by atoms with Gasteiger partial charge in [-0.1, -0.05) is 62.4 Å². The van der Waals surface area contributed by atoms with Crippen LogP contribution in [0.1, 0.15) is 89.8 Å². The van der Waals surface area contributed by atoms with Gasteiger partial charge >= 0.3 is 0 Å². The summed E-state index contributed by atoms with van der Waals surface area (Å²) in [5, 5.41) is 2.87. The summed E-state index contributed by atoms with van der Waals surface area (Å²) in [4.78, 5) is 44.0. The van der Waals surface area contributed by atoms with Gasteiger partial charge in [-0.25, -0.2) is 0 Å². The van der Waals surface area contributed by atoms with Gasteiger partial charge in [0.25, 0.3) is 11.8 Å². The van der Waals surface area contributed by atoms with Crippen LogP contribution in [0.4, 0.5) is 0 Å². The maximum atomic E-state index is 13.6. The van der Waals surface area contributed by atoms with Crippen molar-refractivity contribution < 1.29 is 9.59 Å². The van der Waals surface area contributed by atoms with E-state index in [0.717, 1.165) is 58.2 Å². The van der Waals surface area contributed by atoms with Crippen molar-refractivity contribution in [2.45, 2.75) is 71.4 Å². The van der Waals surface area contributed by atoms with Crippen molar-refractivity contribution >= 4 is 11.8 Å². The maximum absolute atomic E-state index is 13.6. The van der Waals surface area contributed by atoms with E-state index in [1.165, 1.54) is 17.5 Å². The predicted octanol–water partition coefficient (Wildman–Crippen LogP) is 4.15. The molecule has 2 aromatic rings. The first-order valence-corrected chi connectivity index (χ1v) is 13.6. The van der Waals surface area contributed by atoms with Gasteiger partial charge in [0.2, 0.25) is 5.43 Å². The van der Waals surface area contributed by atoms with Crippen molar-refractivity contribution in [3.63, 3.8) is 0 Å². The molecule has 7 nitrogen and oxygen atoms in total. The lowest BCUT2D eigenvalue weighted by atomic mass is 9.95. The zero-order valence-electron chi connectivity index (χ0n) is 21.8. The highest BCUT2D eigenvalue weighted by atomic mass is 16.2. The Labute approximate surface area is 214 Å². The molecule has 1 N–H and O–H groups in total. The Morgan fingerprint density at radius 3 is 2.42 bits per heavy atom. The van der Waals surface area contributed by atoms with Crippen LogP contribution in [0.2, 0.25) is 0 Å². The number of carbonyl (C=O) groups excluding carboxylic acids is 2. The van der Waals surface area contributed by atoms with Crippen LogP contribution in [0, 0.1) is 6.92 Å². The fourth-order valence-electron chi connectivity index (χ4n) is 5.32. The Bertz CT molecular complexity index is 1110. The van der Waals surface area contributed by atoms with E-state index in [9.17, 15) is 14.4 Å². The summed E-state index contributed by atoms with van der Waals surface area (Å²) in [5.74, 6) is -0.640. The number of hydrogen-bond donors (Lipinski definition) is 1. The van der Waals surface area contributed by atoms with E-state index in [0.29, 0.717) is 19.6 Å². The quantitative estimate of drug-likeness (QED) is 0.562. The number of nitrogens with one attached hydrogen (secondary N) is 1. The van der Waals surface area contributed by atoms with Gasteiger partial charge in [-0.05, 0) is 31.7 Å². The summed E-state index contributed by atoms with van der Waals surface area (Å²) in [5.41, 5.74) is 2.26. The molecule has 7 heteroatoms. The fraction of sp³-hybridized carbons (Fsp3) is 0.552. The monoisotopic (exact) mass is 492 g/mol. The number of carbonyl (C=O) groups is 2. The Morgan fingerprint density at radius 1 is 1.00 bits per heavy atom. The largest absolute Gasteiger partial charge is 0.352 e. The van der Waals surface area contributed by atoms with E-state index in [4.69, 9.17) is 0 Å². The van der Waals surface area contributed by atoms with Gasteiger partial charge in [-0.3, -0.25) is 19.3 Å². The molecule has 1 aromatic heterocycles. The third kappa shape index (κ3) is 6.44. The van der Waals surface area contributed by atoms with E-state index in [2.05, 4.69) is 48.3 Å². The molecule has 1 saturated heterocycles. The molecule has 2 amide bonds. The molecular weight excluding hydrogens is 452 g/mol. The molecule has 2 fully saturated rings. The number of rotatable bonds is 8. The molecule has 1 aliphatic heterocycles. The van der Waals surface area contributed by atoms with Crippen LogP contribution in [0.15, 0.2) is 41.5 Å². The molecule has 1 aliphatic carbocycles. The van der Waals surface area contributed by atoms with Gasteiger partial charge < -0.3 is 14.8 Å². The van der Waals surface area contributed by atoms with Crippen LogP contribution < -0.4 is 10.7 Å². The van der Waals surface area contributed by atoms with Gasteiger partial charge in [0, 0.05) is 57.7 Å². The van der Waals surface area contributed by atoms with Crippen LogP contribution >= 0.6 is 0 Å². The number of nitrogens with zero attached hydrogens (tertiary/aromatic N) is 3. The number of unbranched alkanes of at least 4 members (excludes halogenated alkanes) is 1. The summed E-state index contributed by atoms with van der Waals surface area (Å²) in [6.45, 7) is 8.19. The number of aryl methyl sites for hydroxylation is 1. The van der Waals surface area contributed by atoms with Crippen LogP contribution in [0.25, 0.3) is 0 Å². The molecule has 1 saturated carbocycles. The van der Waals surface area contributed by atoms with Gasteiger partial charge in [0.1, 0.15) is 11.1 Å². The Balaban J connectivity index is 1.51. The van der Waals surface area contributed by atoms with Crippen LogP contribution in [-0.2, 0) is 6.54 Å². The average molecular weight is 493 g/mol. The number of pyridine rings is 1. The minimum atomic E-state index is -0.455. The topological polar surface area (TPSA) is 74.7 Å². The Hall–Kier alpha value is -2.93. The highest BCUT2D eigenvalue weighted by Crippen LogP contribution is 2.28. The highest BCUT2D eigenvalue weighted by Gasteiger charge is 2.28. The zero-order chi connectivity index (χ0) is 25.5. The van der Waals surface area contributed by atoms with E-state index in [1.54, 1.807) is 17.3 Å². The second kappa shape index (κ2) is 12.3. The smallest absolute Gasteiger partial charge is 0.259 e. The molecule has 4 rings (SSSR count). The van der Waals surface area contributed by atoms with Crippen LogP contribution in [-0.4, -0.2) is 58.9 Å². The van der Waals surface area contributed by atoms with Crippen LogP contribution in [0.3, 0.4) is 0 Å². The molecule has 36 heavy (non-hydrogen) atoms. The summed E-state index contributed by atoms with van der Waals surface area (Å²) in [6, 6.07) is 8.72. The fourth-order valence-corrected chi connectivity index (χ4v) is 5.32. The number of amides is 2. The van der Waals surface area contributed by atoms with Crippen molar-refractivity contribution in [1.29, 1.82) is 0 Å². The zero-order valence-corrected chi connectivity index (χ0v) is 21.8. The number of piperazine rings is 1. The van der Waals surface area contributed by atoms with Gasteiger partial charge in [0.05, 0.1) is 0 Å². The molecular formula is C29H40N4O3. The van der Waals surface area contributed by atoms with Crippen molar-refractivity contribution in [3.05, 3.63) is 69.1 Å². The first-order valence-electron chi connectivity index (χ1n) is 13.6. The summed E-state index contributed by atoms with van der Waals surface area (Å²) >= 11 is 0. The van der Waals surface area contributed by atoms with Gasteiger partial charge in [-0.2, -0.15) is 0 Å². The third-order valence-electron chi connectivity index (χ3n) is 7.48. The third-order valence-corrected chi connectivity index (χ3v) is 7.48. The number of benzene rings is 1. The van der Waals surface area contributed by atoms with Crippen molar-refractivity contribution in [1.82, 2.24) is 19.7 Å². The highest BCUT2D eigenvalue weighted by molar-refractivity contribution is 5.99. The van der Waals surface area contributed by atoms with Gasteiger partial charge in [-0.15, -0.1) is 0 Å². The molecule has 2 aliphatic rings. The predicted molar refractivity (Wildman–Crippen MR) is 142 cm³/mol. The molecule has 2 heterocycles. The lowest BCUT2D eigenvalue weighted by Gasteiger charge is -2.35. The SMILES string of the molecule is CCCCNC(=O)c1cn(C2CCCCC2)cc(C(=O)N2CCN(Cc3cccc(C)c3)CC2)c1=O. The first kappa shape index (κ1) is 26.1. The van der Waals surface area contributed by atoms with Crippen molar-refractivity contribution in [2.24, 2.45) is 0 Å². The molecule has 194 valence electrons. The maximum Gasteiger partial charge on any atom is 0.259 e. The Morgan fingerprint density at radius 2 is 1.72 bits per heavy atom.